The third-order valence-electron chi connectivity index (χ3n) is 3.15. The van der Waals surface area contributed by atoms with Crippen molar-refractivity contribution >= 4 is 32.3 Å². The fourth-order valence-electron chi connectivity index (χ4n) is 1.93. The molecular weight excluding hydrogens is 322 g/mol. The summed E-state index contributed by atoms with van der Waals surface area (Å²) in [5.74, 6) is -0.518. The number of aryl methyl sites for hydroxylation is 1. The highest BCUT2D eigenvalue weighted by molar-refractivity contribution is 7.93. The summed E-state index contributed by atoms with van der Waals surface area (Å²) in [6.07, 6.45) is 0. The molecule has 0 atom stereocenters. The van der Waals surface area contributed by atoms with Crippen molar-refractivity contribution in [1.29, 1.82) is 0 Å². The lowest BCUT2D eigenvalue weighted by Crippen LogP contribution is -2.15. The van der Waals surface area contributed by atoms with E-state index in [1.165, 1.54) is 23.5 Å². The number of ether oxygens (including phenoxy) is 1. The van der Waals surface area contributed by atoms with Gasteiger partial charge in [0.15, 0.2) is 0 Å². The average molecular weight is 339 g/mol. The van der Waals surface area contributed by atoms with Gasteiger partial charge >= 0.3 is 5.97 Å². The molecule has 0 aliphatic heterocycles. The van der Waals surface area contributed by atoms with Crippen molar-refractivity contribution in [2.45, 2.75) is 25.7 Å². The molecule has 0 unspecified atom stereocenters. The predicted molar refractivity (Wildman–Crippen MR) is 87.0 cm³/mol. The fraction of sp³-hybridized carbons (Fsp3) is 0.267. The first-order valence-corrected chi connectivity index (χ1v) is 9.01. The van der Waals surface area contributed by atoms with E-state index in [9.17, 15) is 13.2 Å². The minimum Gasteiger partial charge on any atom is -0.462 e. The van der Waals surface area contributed by atoms with Gasteiger partial charge in [0.2, 0.25) is 0 Å². The highest BCUT2D eigenvalue weighted by Gasteiger charge is 2.24. The summed E-state index contributed by atoms with van der Waals surface area (Å²) in [5, 5.41) is 0.289. The van der Waals surface area contributed by atoms with Crippen molar-refractivity contribution in [1.82, 2.24) is 0 Å². The van der Waals surface area contributed by atoms with E-state index in [2.05, 4.69) is 4.72 Å². The Balaban J connectivity index is 2.42. The van der Waals surface area contributed by atoms with Crippen molar-refractivity contribution in [3.05, 3.63) is 46.3 Å². The Morgan fingerprint density at radius 2 is 1.86 bits per heavy atom. The number of carbonyl (C=O) groups excluding carboxylic acids is 1. The maximum absolute atomic E-state index is 12.4. The maximum atomic E-state index is 12.4. The first-order valence-electron chi connectivity index (χ1n) is 6.71. The van der Waals surface area contributed by atoms with Gasteiger partial charge in [-0.3, -0.25) is 4.72 Å². The number of sulfonamides is 1. The Morgan fingerprint density at radius 3 is 2.45 bits per heavy atom. The Bertz CT molecular complexity index is 779. The molecule has 118 valence electrons. The monoisotopic (exact) mass is 339 g/mol. The minimum absolute atomic E-state index is 0.147. The number of anilines is 1. The fourth-order valence-corrected chi connectivity index (χ4v) is 4.30. The lowest BCUT2D eigenvalue weighted by molar-refractivity contribution is 0.0527. The first kappa shape index (κ1) is 16.5. The van der Waals surface area contributed by atoms with Gasteiger partial charge in [-0.05, 0) is 38.5 Å². The number of rotatable bonds is 5. The van der Waals surface area contributed by atoms with Crippen LogP contribution in [0.4, 0.5) is 5.00 Å². The molecule has 0 saturated carbocycles. The molecule has 1 N–H and O–H groups in total. The molecule has 0 spiro atoms. The van der Waals surface area contributed by atoms with Crippen molar-refractivity contribution in [3.63, 3.8) is 0 Å². The highest BCUT2D eigenvalue weighted by Crippen LogP contribution is 2.34. The van der Waals surface area contributed by atoms with Gasteiger partial charge in [0, 0.05) is 4.88 Å². The molecule has 22 heavy (non-hydrogen) atoms. The number of benzene rings is 1. The molecule has 1 aromatic heterocycles. The van der Waals surface area contributed by atoms with E-state index in [0.717, 1.165) is 10.4 Å². The van der Waals surface area contributed by atoms with Crippen molar-refractivity contribution < 1.29 is 17.9 Å². The number of hydrogen-bond acceptors (Lipinski definition) is 5. The Morgan fingerprint density at radius 1 is 1.23 bits per heavy atom. The van der Waals surface area contributed by atoms with E-state index < -0.39 is 16.0 Å². The Kier molecular flexibility index (Phi) is 4.87. The molecule has 0 fully saturated rings. The Hall–Kier alpha value is -1.86. The first-order chi connectivity index (χ1) is 10.4. The number of thiophene rings is 1. The van der Waals surface area contributed by atoms with Crippen molar-refractivity contribution in [3.8, 4) is 0 Å². The number of carbonyl (C=O) groups is 1. The molecule has 5 nitrogen and oxygen atoms in total. The zero-order valence-corrected chi connectivity index (χ0v) is 14.2. The zero-order chi connectivity index (χ0) is 16.3. The summed E-state index contributed by atoms with van der Waals surface area (Å²) in [7, 11) is -3.74. The lowest BCUT2D eigenvalue weighted by atomic mass is 10.2. The predicted octanol–water partition coefficient (Wildman–Crippen LogP) is 3.34. The molecule has 0 amide bonds. The number of esters is 1. The van der Waals surface area contributed by atoms with Crippen LogP contribution in [0, 0.1) is 13.8 Å². The third kappa shape index (κ3) is 3.31. The van der Waals surface area contributed by atoms with Gasteiger partial charge in [-0.25, -0.2) is 13.2 Å². The van der Waals surface area contributed by atoms with Crippen LogP contribution in [0.25, 0.3) is 0 Å². The smallest absolute Gasteiger partial charge is 0.341 e. The van der Waals surface area contributed by atoms with E-state index >= 15 is 0 Å². The summed E-state index contributed by atoms with van der Waals surface area (Å²) < 4.78 is 32.3. The third-order valence-corrected chi connectivity index (χ3v) is 5.76. The maximum Gasteiger partial charge on any atom is 0.341 e. The Labute approximate surface area is 134 Å². The van der Waals surface area contributed by atoms with Crippen LogP contribution in [0.5, 0.6) is 0 Å². The van der Waals surface area contributed by atoms with Crippen LogP contribution in [0.1, 0.15) is 27.7 Å². The molecule has 0 radical (unpaired) electrons. The topological polar surface area (TPSA) is 72.5 Å². The summed E-state index contributed by atoms with van der Waals surface area (Å²) in [5.41, 5.74) is 1.01. The molecule has 1 aromatic carbocycles. The van der Waals surface area contributed by atoms with E-state index in [1.54, 1.807) is 32.0 Å². The quantitative estimate of drug-likeness (QED) is 0.848. The normalized spacial score (nSPS) is 11.2. The van der Waals surface area contributed by atoms with Gasteiger partial charge in [0.1, 0.15) is 5.00 Å². The van der Waals surface area contributed by atoms with Gasteiger partial charge in [-0.2, -0.15) is 0 Å². The SMILES string of the molecule is CCOC(=O)c1c(NS(=O)(=O)c2ccccc2)sc(C)c1C. The molecule has 0 aliphatic rings. The molecule has 2 aromatic rings. The van der Waals surface area contributed by atoms with Gasteiger partial charge < -0.3 is 4.74 Å². The van der Waals surface area contributed by atoms with E-state index in [0.29, 0.717) is 0 Å². The van der Waals surface area contributed by atoms with Crippen LogP contribution in [-0.2, 0) is 14.8 Å². The molecule has 2 rings (SSSR count). The van der Waals surface area contributed by atoms with Crippen molar-refractivity contribution in [2.75, 3.05) is 11.3 Å². The number of nitrogens with one attached hydrogen (secondary N) is 1. The average Bonchev–Trinajstić information content (AvgIpc) is 2.74. The van der Waals surface area contributed by atoms with Crippen LogP contribution < -0.4 is 4.72 Å². The van der Waals surface area contributed by atoms with Gasteiger partial charge in [0.25, 0.3) is 10.0 Å². The molecule has 0 aliphatic carbocycles. The molecule has 0 saturated heterocycles. The van der Waals surface area contributed by atoms with Gasteiger partial charge in [-0.1, -0.05) is 18.2 Å². The molecule has 0 bridgehead atoms. The molecular formula is C15H17NO4S2. The largest absolute Gasteiger partial charge is 0.462 e. The lowest BCUT2D eigenvalue weighted by Gasteiger charge is -2.09. The second-order valence-electron chi connectivity index (χ2n) is 4.63. The zero-order valence-electron chi connectivity index (χ0n) is 12.5. The molecule has 7 heteroatoms. The van der Waals surface area contributed by atoms with E-state index in [1.807, 2.05) is 6.92 Å². The van der Waals surface area contributed by atoms with Crippen LogP contribution in [0.3, 0.4) is 0 Å². The number of hydrogen-bond donors (Lipinski definition) is 1. The van der Waals surface area contributed by atoms with Crippen LogP contribution >= 0.6 is 11.3 Å². The second kappa shape index (κ2) is 6.50. The minimum atomic E-state index is -3.74. The van der Waals surface area contributed by atoms with E-state index in [4.69, 9.17) is 4.74 Å². The van der Waals surface area contributed by atoms with Gasteiger partial charge in [0.05, 0.1) is 17.1 Å². The second-order valence-corrected chi connectivity index (χ2v) is 7.53. The van der Waals surface area contributed by atoms with Gasteiger partial charge in [-0.15, -0.1) is 11.3 Å². The van der Waals surface area contributed by atoms with Crippen LogP contribution in [0.15, 0.2) is 35.2 Å². The highest BCUT2D eigenvalue weighted by atomic mass is 32.2. The molecule has 1 heterocycles. The summed E-state index contributed by atoms with van der Waals surface area (Å²) in [6, 6.07) is 8.03. The van der Waals surface area contributed by atoms with Crippen molar-refractivity contribution in [2.24, 2.45) is 0 Å². The summed E-state index contributed by atoms with van der Waals surface area (Å²) >= 11 is 1.23. The standard InChI is InChI=1S/C15H17NO4S2/c1-4-20-15(17)13-10(2)11(3)21-14(13)16-22(18,19)12-8-6-5-7-9-12/h5-9,16H,4H2,1-3H3. The summed E-state index contributed by atoms with van der Waals surface area (Å²) in [6.45, 7) is 5.56. The summed E-state index contributed by atoms with van der Waals surface area (Å²) in [4.78, 5) is 13.1. The van der Waals surface area contributed by atoms with Crippen LogP contribution in [-0.4, -0.2) is 21.0 Å². The van der Waals surface area contributed by atoms with Crippen LogP contribution in [0.2, 0.25) is 0 Å². The van der Waals surface area contributed by atoms with E-state index in [-0.39, 0.29) is 22.1 Å².